The van der Waals surface area contributed by atoms with Gasteiger partial charge in [-0.3, -0.25) is 4.79 Å². The number of hydrogen-bond donors (Lipinski definition) is 1. The molecule has 0 amide bonds. The third kappa shape index (κ3) is 6.20. The summed E-state index contributed by atoms with van der Waals surface area (Å²) in [5.74, 6) is 0.205. The molecule has 0 spiro atoms. The third-order valence-electron chi connectivity index (χ3n) is 5.69. The number of carbonyl (C=O) groups is 1. The highest BCUT2D eigenvalue weighted by Gasteiger charge is 2.40. The van der Waals surface area contributed by atoms with Crippen molar-refractivity contribution in [2.75, 3.05) is 13.7 Å². The van der Waals surface area contributed by atoms with Crippen molar-refractivity contribution in [2.45, 2.75) is 83.5 Å². The maximum Gasteiger partial charge on any atom is 0.308 e. The van der Waals surface area contributed by atoms with Crippen LogP contribution >= 0.6 is 0 Å². The molecule has 136 valence electrons. The number of rotatable bonds is 7. The van der Waals surface area contributed by atoms with E-state index in [2.05, 4.69) is 33.9 Å². The standard InChI is InChI=1S/C18H36O4Si/c1-18(2,3)23(5,6)22-16-9-7-14(8-10-16)13-15(11-12-19)17(20)21-4/h14-16,19H,7-13H2,1-6H3. The molecule has 1 atom stereocenters. The van der Waals surface area contributed by atoms with Gasteiger partial charge in [0.05, 0.1) is 13.0 Å². The zero-order valence-corrected chi connectivity index (χ0v) is 16.9. The van der Waals surface area contributed by atoms with Crippen molar-refractivity contribution in [2.24, 2.45) is 11.8 Å². The molecule has 23 heavy (non-hydrogen) atoms. The molecule has 5 heteroatoms. The number of hydrogen-bond acceptors (Lipinski definition) is 4. The molecule has 1 aliphatic carbocycles. The Morgan fingerprint density at radius 3 is 2.22 bits per heavy atom. The lowest BCUT2D eigenvalue weighted by molar-refractivity contribution is -0.146. The zero-order chi connectivity index (χ0) is 17.7. The normalized spacial score (nSPS) is 24.3. The van der Waals surface area contributed by atoms with Gasteiger partial charge in [0.25, 0.3) is 0 Å². The highest BCUT2D eigenvalue weighted by molar-refractivity contribution is 6.74. The van der Waals surface area contributed by atoms with Crippen LogP contribution in [0.4, 0.5) is 0 Å². The number of methoxy groups -OCH3 is 1. The van der Waals surface area contributed by atoms with E-state index in [1.54, 1.807) is 0 Å². The van der Waals surface area contributed by atoms with Gasteiger partial charge in [-0.05, 0) is 62.6 Å². The van der Waals surface area contributed by atoms with Gasteiger partial charge < -0.3 is 14.3 Å². The van der Waals surface area contributed by atoms with Crippen LogP contribution in [0.2, 0.25) is 18.1 Å². The molecule has 1 saturated carbocycles. The maximum absolute atomic E-state index is 11.8. The lowest BCUT2D eigenvalue weighted by Crippen LogP contribution is -2.44. The number of ether oxygens (including phenoxy) is 1. The fourth-order valence-electron chi connectivity index (χ4n) is 3.14. The quantitative estimate of drug-likeness (QED) is 0.557. The van der Waals surface area contributed by atoms with Crippen molar-refractivity contribution >= 4 is 14.3 Å². The van der Waals surface area contributed by atoms with Gasteiger partial charge in [0.15, 0.2) is 8.32 Å². The fraction of sp³-hybridized carbons (Fsp3) is 0.944. The Balaban J connectivity index is 2.47. The Morgan fingerprint density at radius 1 is 1.22 bits per heavy atom. The largest absolute Gasteiger partial charge is 0.469 e. The molecule has 0 heterocycles. The number of aliphatic hydroxyl groups excluding tert-OH is 1. The molecule has 0 bridgehead atoms. The summed E-state index contributed by atoms with van der Waals surface area (Å²) in [5.41, 5.74) is 0. The Labute approximate surface area is 143 Å². The second kappa shape index (κ2) is 8.63. The predicted octanol–water partition coefficient (Wildman–Crippen LogP) is 4.13. The van der Waals surface area contributed by atoms with Crippen LogP contribution in [0.1, 0.15) is 59.3 Å². The van der Waals surface area contributed by atoms with E-state index in [0.717, 1.165) is 32.1 Å². The molecule has 1 unspecified atom stereocenters. The van der Waals surface area contributed by atoms with E-state index in [-0.39, 0.29) is 23.5 Å². The number of carbonyl (C=O) groups excluding carboxylic acids is 1. The lowest BCUT2D eigenvalue weighted by atomic mass is 9.81. The molecule has 0 aliphatic heterocycles. The summed E-state index contributed by atoms with van der Waals surface area (Å²) in [6.45, 7) is 11.5. The van der Waals surface area contributed by atoms with Gasteiger partial charge in [0, 0.05) is 12.7 Å². The topological polar surface area (TPSA) is 55.8 Å². The molecule has 0 aromatic rings. The minimum absolute atomic E-state index is 0.0452. The Bertz CT molecular complexity index is 368. The summed E-state index contributed by atoms with van der Waals surface area (Å²) >= 11 is 0. The summed E-state index contributed by atoms with van der Waals surface area (Å²) < 4.78 is 11.4. The average Bonchev–Trinajstić information content (AvgIpc) is 2.46. The van der Waals surface area contributed by atoms with Crippen molar-refractivity contribution in [3.05, 3.63) is 0 Å². The van der Waals surface area contributed by atoms with Gasteiger partial charge in [0.2, 0.25) is 0 Å². The maximum atomic E-state index is 11.8. The Morgan fingerprint density at radius 2 is 1.78 bits per heavy atom. The highest BCUT2D eigenvalue weighted by Crippen LogP contribution is 2.40. The van der Waals surface area contributed by atoms with Crippen LogP contribution in [-0.2, 0) is 14.0 Å². The minimum Gasteiger partial charge on any atom is -0.469 e. The summed E-state index contributed by atoms with van der Waals surface area (Å²) in [7, 11) is -0.263. The summed E-state index contributed by atoms with van der Waals surface area (Å²) in [5, 5.41) is 9.38. The first-order chi connectivity index (χ1) is 10.6. The average molecular weight is 345 g/mol. The van der Waals surface area contributed by atoms with E-state index in [0.29, 0.717) is 18.4 Å². The highest BCUT2D eigenvalue weighted by atomic mass is 28.4. The Hall–Kier alpha value is -0.393. The van der Waals surface area contributed by atoms with Crippen LogP contribution in [0.3, 0.4) is 0 Å². The van der Waals surface area contributed by atoms with E-state index in [9.17, 15) is 4.79 Å². The van der Waals surface area contributed by atoms with Gasteiger partial charge in [-0.1, -0.05) is 20.8 Å². The number of esters is 1. The molecule has 0 aromatic carbocycles. The number of aliphatic hydroxyl groups is 1. The molecule has 1 fully saturated rings. The van der Waals surface area contributed by atoms with E-state index in [1.165, 1.54) is 7.11 Å². The molecular formula is C18H36O4Si. The van der Waals surface area contributed by atoms with Gasteiger partial charge in [-0.25, -0.2) is 0 Å². The first-order valence-corrected chi connectivity index (χ1v) is 11.9. The molecule has 1 rings (SSSR count). The minimum atomic E-state index is -1.69. The van der Waals surface area contributed by atoms with Crippen LogP contribution in [0.5, 0.6) is 0 Å². The summed E-state index contributed by atoms with van der Waals surface area (Å²) in [4.78, 5) is 11.8. The van der Waals surface area contributed by atoms with Crippen LogP contribution in [0.25, 0.3) is 0 Å². The van der Waals surface area contributed by atoms with Gasteiger partial charge in [-0.2, -0.15) is 0 Å². The van der Waals surface area contributed by atoms with Crippen molar-refractivity contribution in [1.29, 1.82) is 0 Å². The van der Waals surface area contributed by atoms with E-state index >= 15 is 0 Å². The fourth-order valence-corrected chi connectivity index (χ4v) is 4.56. The summed E-state index contributed by atoms with van der Waals surface area (Å²) in [6.07, 6.45) is 6.11. The first-order valence-electron chi connectivity index (χ1n) is 8.97. The molecule has 1 N–H and O–H groups in total. The molecule has 0 radical (unpaired) electrons. The molecule has 1 aliphatic rings. The van der Waals surface area contributed by atoms with Crippen molar-refractivity contribution in [1.82, 2.24) is 0 Å². The second-order valence-electron chi connectivity index (χ2n) is 8.49. The second-order valence-corrected chi connectivity index (χ2v) is 13.2. The molecule has 0 aromatic heterocycles. The predicted molar refractivity (Wildman–Crippen MR) is 95.9 cm³/mol. The van der Waals surface area contributed by atoms with E-state index in [1.807, 2.05) is 0 Å². The zero-order valence-electron chi connectivity index (χ0n) is 15.9. The third-order valence-corrected chi connectivity index (χ3v) is 10.2. The van der Waals surface area contributed by atoms with Gasteiger partial charge in [-0.15, -0.1) is 0 Å². The van der Waals surface area contributed by atoms with Crippen molar-refractivity contribution in [3.8, 4) is 0 Å². The lowest BCUT2D eigenvalue weighted by Gasteiger charge is -2.41. The summed E-state index contributed by atoms with van der Waals surface area (Å²) in [6, 6.07) is 0. The smallest absolute Gasteiger partial charge is 0.308 e. The van der Waals surface area contributed by atoms with Crippen LogP contribution < -0.4 is 0 Å². The van der Waals surface area contributed by atoms with Crippen molar-refractivity contribution < 1.29 is 19.1 Å². The van der Waals surface area contributed by atoms with E-state index in [4.69, 9.17) is 14.3 Å². The van der Waals surface area contributed by atoms with Crippen LogP contribution in [0, 0.1) is 11.8 Å². The first kappa shape index (κ1) is 20.7. The Kier molecular flexibility index (Phi) is 7.75. The molecule has 0 saturated heterocycles. The van der Waals surface area contributed by atoms with Gasteiger partial charge in [0.1, 0.15) is 0 Å². The van der Waals surface area contributed by atoms with Crippen LogP contribution in [0.15, 0.2) is 0 Å². The SMILES string of the molecule is COC(=O)C(CCO)CC1CCC(O[Si](C)(C)C(C)(C)C)CC1. The molecular weight excluding hydrogens is 308 g/mol. The monoisotopic (exact) mass is 344 g/mol. The van der Waals surface area contributed by atoms with Gasteiger partial charge >= 0.3 is 5.97 Å². The van der Waals surface area contributed by atoms with Crippen LogP contribution in [-0.4, -0.2) is 39.2 Å². The van der Waals surface area contributed by atoms with Crippen molar-refractivity contribution in [3.63, 3.8) is 0 Å². The van der Waals surface area contributed by atoms with E-state index < -0.39 is 8.32 Å². The molecule has 4 nitrogen and oxygen atoms in total.